The third kappa shape index (κ3) is 5.70. The highest BCUT2D eigenvalue weighted by atomic mass is 32.2. The molecule has 1 rings (SSSR count). The van der Waals surface area contributed by atoms with Crippen LogP contribution in [-0.4, -0.2) is 25.3 Å². The number of unbranched alkanes of at least 4 members (excludes halogenated alkanes) is 1. The van der Waals surface area contributed by atoms with Crippen LogP contribution in [-0.2, 0) is 10.1 Å². The quantitative estimate of drug-likeness (QED) is 0.577. The van der Waals surface area contributed by atoms with Crippen LogP contribution in [0, 0.1) is 13.8 Å². The Morgan fingerprint density at radius 3 is 2.53 bits per heavy atom. The Labute approximate surface area is 102 Å². The smallest absolute Gasteiger partial charge is 0.122 e. The highest BCUT2D eigenvalue weighted by molar-refractivity contribution is 7.85. The predicted octanol–water partition coefficient (Wildman–Crippen LogP) is 2.01. The molecule has 5 heteroatoms. The molecule has 1 aromatic carbocycles. The summed E-state index contributed by atoms with van der Waals surface area (Å²) < 4.78 is 36.6. The fourth-order valence-electron chi connectivity index (χ4n) is 1.52. The average Bonchev–Trinajstić information content (AvgIpc) is 2.18. The van der Waals surface area contributed by atoms with Crippen molar-refractivity contribution in [3.8, 4) is 5.75 Å². The molecule has 0 aliphatic rings. The van der Waals surface area contributed by atoms with Gasteiger partial charge in [-0.1, -0.05) is 17.7 Å². The maximum atomic E-state index is 10.4. The van der Waals surface area contributed by atoms with E-state index in [4.69, 9.17) is 4.74 Å². The van der Waals surface area contributed by atoms with E-state index >= 15 is 0 Å². The standard InChI is InChI=1S/C12H18O4S/c1-10-5-6-12(11(2)9-10)16-7-3-4-8-17(13,14)15/h5-6,9H,3-4,7-8H2,1-2H3,(H,13,14,15)/p-1. The van der Waals surface area contributed by atoms with E-state index in [1.807, 2.05) is 32.0 Å². The molecule has 1 aromatic rings. The van der Waals surface area contributed by atoms with Crippen molar-refractivity contribution in [2.75, 3.05) is 12.4 Å². The zero-order valence-corrected chi connectivity index (χ0v) is 10.9. The van der Waals surface area contributed by atoms with Crippen LogP contribution in [0.1, 0.15) is 24.0 Å². The molecular weight excluding hydrogens is 240 g/mol. The monoisotopic (exact) mass is 257 g/mol. The molecule has 0 bridgehead atoms. The first-order valence-corrected chi connectivity index (χ1v) is 7.10. The summed E-state index contributed by atoms with van der Waals surface area (Å²) >= 11 is 0. The second-order valence-electron chi connectivity index (χ2n) is 4.09. The van der Waals surface area contributed by atoms with E-state index in [9.17, 15) is 13.0 Å². The predicted molar refractivity (Wildman–Crippen MR) is 65.2 cm³/mol. The van der Waals surface area contributed by atoms with E-state index in [0.29, 0.717) is 19.4 Å². The molecule has 4 nitrogen and oxygen atoms in total. The van der Waals surface area contributed by atoms with Gasteiger partial charge in [0.05, 0.1) is 16.7 Å². The van der Waals surface area contributed by atoms with Gasteiger partial charge in [0.15, 0.2) is 0 Å². The zero-order valence-electron chi connectivity index (χ0n) is 10.1. The molecule has 0 saturated heterocycles. The van der Waals surface area contributed by atoms with Crippen LogP contribution in [0.5, 0.6) is 5.75 Å². The van der Waals surface area contributed by atoms with Crippen molar-refractivity contribution >= 4 is 10.1 Å². The van der Waals surface area contributed by atoms with Crippen LogP contribution in [0.15, 0.2) is 18.2 Å². The van der Waals surface area contributed by atoms with Gasteiger partial charge in [0.25, 0.3) is 0 Å². The number of benzene rings is 1. The maximum absolute atomic E-state index is 10.4. The molecule has 0 unspecified atom stereocenters. The van der Waals surface area contributed by atoms with E-state index < -0.39 is 10.1 Å². The van der Waals surface area contributed by atoms with Crippen LogP contribution in [0.3, 0.4) is 0 Å². The first kappa shape index (κ1) is 14.0. The summed E-state index contributed by atoms with van der Waals surface area (Å²) in [5.41, 5.74) is 2.23. The van der Waals surface area contributed by atoms with E-state index in [0.717, 1.165) is 11.3 Å². The zero-order chi connectivity index (χ0) is 12.9. The van der Waals surface area contributed by atoms with Gasteiger partial charge in [-0.15, -0.1) is 0 Å². The van der Waals surface area contributed by atoms with Gasteiger partial charge in [-0.3, -0.25) is 0 Å². The molecule has 0 aromatic heterocycles. The molecule has 96 valence electrons. The minimum absolute atomic E-state index is 0.316. The minimum Gasteiger partial charge on any atom is -0.748 e. The van der Waals surface area contributed by atoms with Crippen molar-refractivity contribution in [1.29, 1.82) is 0 Å². The first-order valence-electron chi connectivity index (χ1n) is 5.52. The number of hydrogen-bond acceptors (Lipinski definition) is 4. The second-order valence-corrected chi connectivity index (χ2v) is 5.61. The van der Waals surface area contributed by atoms with Gasteiger partial charge < -0.3 is 9.29 Å². The molecule has 0 spiro atoms. The van der Waals surface area contributed by atoms with Crippen molar-refractivity contribution in [3.05, 3.63) is 29.3 Å². The summed E-state index contributed by atoms with van der Waals surface area (Å²) in [7, 11) is -4.09. The van der Waals surface area contributed by atoms with Gasteiger partial charge in [0.1, 0.15) is 5.75 Å². The summed E-state index contributed by atoms with van der Waals surface area (Å²) in [6.07, 6.45) is 0.908. The Balaban J connectivity index is 2.32. The van der Waals surface area contributed by atoms with E-state index in [1.54, 1.807) is 0 Å². The minimum atomic E-state index is -4.09. The molecule has 0 saturated carbocycles. The van der Waals surface area contributed by atoms with E-state index in [1.165, 1.54) is 5.56 Å². The summed E-state index contributed by atoms with van der Waals surface area (Å²) in [6.45, 7) is 4.40. The van der Waals surface area contributed by atoms with Crippen molar-refractivity contribution < 1.29 is 17.7 Å². The van der Waals surface area contributed by atoms with Crippen molar-refractivity contribution in [3.63, 3.8) is 0 Å². The molecule has 17 heavy (non-hydrogen) atoms. The molecule has 0 N–H and O–H groups in total. The summed E-state index contributed by atoms with van der Waals surface area (Å²) in [5, 5.41) is 0. The van der Waals surface area contributed by atoms with Crippen LogP contribution in [0.2, 0.25) is 0 Å². The first-order chi connectivity index (χ1) is 7.88. The van der Waals surface area contributed by atoms with Crippen LogP contribution in [0.25, 0.3) is 0 Å². The van der Waals surface area contributed by atoms with Crippen LogP contribution >= 0.6 is 0 Å². The van der Waals surface area contributed by atoms with Gasteiger partial charge in [-0.05, 0) is 38.3 Å². The molecule has 0 radical (unpaired) electrons. The Kier molecular flexibility index (Phi) is 4.96. The molecule has 0 aliphatic carbocycles. The topological polar surface area (TPSA) is 66.4 Å². The number of rotatable bonds is 6. The molecule has 0 aliphatic heterocycles. The fraction of sp³-hybridized carbons (Fsp3) is 0.500. The molecular formula is C12H17O4S-. The van der Waals surface area contributed by atoms with Gasteiger partial charge in [-0.25, -0.2) is 8.42 Å². The van der Waals surface area contributed by atoms with E-state index in [-0.39, 0.29) is 5.75 Å². The average molecular weight is 257 g/mol. The van der Waals surface area contributed by atoms with Gasteiger partial charge >= 0.3 is 0 Å². The summed E-state index contributed by atoms with van der Waals surface area (Å²) in [6, 6.07) is 5.89. The second kappa shape index (κ2) is 6.02. The third-order valence-corrected chi connectivity index (χ3v) is 3.17. The Hall–Kier alpha value is -1.07. The summed E-state index contributed by atoms with van der Waals surface area (Å²) in [4.78, 5) is 0. The molecule has 0 amide bonds. The lowest BCUT2D eigenvalue weighted by Gasteiger charge is -2.10. The summed E-state index contributed by atoms with van der Waals surface area (Å²) in [5.74, 6) is 0.490. The van der Waals surface area contributed by atoms with Gasteiger partial charge in [0.2, 0.25) is 0 Å². The number of hydrogen-bond donors (Lipinski definition) is 0. The Morgan fingerprint density at radius 1 is 1.24 bits per heavy atom. The number of ether oxygens (including phenoxy) is 1. The lowest BCUT2D eigenvalue weighted by molar-refractivity contribution is 0.307. The van der Waals surface area contributed by atoms with E-state index in [2.05, 4.69) is 0 Å². The highest BCUT2D eigenvalue weighted by Gasteiger charge is 2.00. The maximum Gasteiger partial charge on any atom is 0.122 e. The fourth-order valence-corrected chi connectivity index (χ4v) is 2.08. The normalized spacial score (nSPS) is 11.5. The van der Waals surface area contributed by atoms with Gasteiger partial charge in [0, 0.05) is 5.75 Å². The molecule has 0 atom stereocenters. The lowest BCUT2D eigenvalue weighted by Crippen LogP contribution is -2.06. The van der Waals surface area contributed by atoms with Crippen molar-refractivity contribution in [2.45, 2.75) is 26.7 Å². The largest absolute Gasteiger partial charge is 0.748 e. The van der Waals surface area contributed by atoms with Crippen molar-refractivity contribution in [2.24, 2.45) is 0 Å². The van der Waals surface area contributed by atoms with Gasteiger partial charge in [-0.2, -0.15) is 0 Å². The number of aryl methyl sites for hydroxylation is 2. The van der Waals surface area contributed by atoms with Crippen molar-refractivity contribution in [1.82, 2.24) is 0 Å². The highest BCUT2D eigenvalue weighted by Crippen LogP contribution is 2.18. The molecule has 0 heterocycles. The lowest BCUT2D eigenvalue weighted by atomic mass is 10.1. The third-order valence-electron chi connectivity index (χ3n) is 2.38. The van der Waals surface area contributed by atoms with Crippen LogP contribution in [0.4, 0.5) is 0 Å². The van der Waals surface area contributed by atoms with Crippen LogP contribution < -0.4 is 4.74 Å². The Bertz CT molecular complexity index is 465. The Morgan fingerprint density at radius 2 is 1.94 bits per heavy atom. The molecule has 0 fully saturated rings. The SMILES string of the molecule is Cc1ccc(OCCCCS(=O)(=O)[O-])c(C)c1.